The zero-order valence-electron chi connectivity index (χ0n) is 11.2. The maximum absolute atomic E-state index is 6.17. The molecule has 20 heavy (non-hydrogen) atoms. The van der Waals surface area contributed by atoms with Crippen molar-refractivity contribution in [2.24, 2.45) is 0 Å². The monoisotopic (exact) mass is 404 g/mol. The Hall–Kier alpha value is -0.760. The van der Waals surface area contributed by atoms with Gasteiger partial charge < -0.3 is 9.47 Å². The van der Waals surface area contributed by atoms with E-state index in [1.54, 1.807) is 14.2 Å². The lowest BCUT2D eigenvalue weighted by molar-refractivity contribution is 0.181. The van der Waals surface area contributed by atoms with E-state index >= 15 is 0 Å². The minimum Gasteiger partial charge on any atom is -0.380 e. The summed E-state index contributed by atoms with van der Waals surface area (Å²) in [7, 11) is 3.30. The maximum atomic E-state index is 6.17. The van der Waals surface area contributed by atoms with Crippen LogP contribution in [0.2, 0.25) is 5.15 Å². The van der Waals surface area contributed by atoms with Gasteiger partial charge in [0, 0.05) is 19.8 Å². The molecule has 0 unspecified atom stereocenters. The van der Waals surface area contributed by atoms with E-state index in [4.69, 9.17) is 21.1 Å². The van der Waals surface area contributed by atoms with Crippen LogP contribution in [0, 0.1) is 3.57 Å². The van der Waals surface area contributed by atoms with Crippen molar-refractivity contribution in [3.63, 3.8) is 0 Å². The highest BCUT2D eigenvalue weighted by Gasteiger charge is 2.12. The fourth-order valence-corrected chi connectivity index (χ4v) is 2.38. The fourth-order valence-electron chi connectivity index (χ4n) is 1.79. The molecule has 0 atom stereocenters. The van der Waals surface area contributed by atoms with Crippen LogP contribution in [0.4, 0.5) is 0 Å². The molecule has 0 aliphatic carbocycles. The smallest absolute Gasteiger partial charge is 0.161 e. The van der Waals surface area contributed by atoms with E-state index in [1.807, 2.05) is 24.3 Å². The summed E-state index contributed by atoms with van der Waals surface area (Å²) in [6, 6.07) is 7.90. The number of hydrogen-bond donors (Lipinski definition) is 0. The predicted octanol–water partition coefficient (Wildman–Crippen LogP) is 3.69. The van der Waals surface area contributed by atoms with Crippen molar-refractivity contribution in [1.82, 2.24) is 9.97 Å². The van der Waals surface area contributed by atoms with E-state index in [0.29, 0.717) is 24.2 Å². The average molecular weight is 405 g/mol. The van der Waals surface area contributed by atoms with Gasteiger partial charge in [0.2, 0.25) is 0 Å². The molecule has 0 amide bonds. The average Bonchev–Trinajstić information content (AvgIpc) is 2.44. The SMILES string of the molecule is COCc1cccc(-c2nc(Cl)c(I)c(COC)n2)c1. The van der Waals surface area contributed by atoms with E-state index in [1.165, 1.54) is 0 Å². The lowest BCUT2D eigenvalue weighted by atomic mass is 10.1. The number of methoxy groups -OCH3 is 2. The number of ether oxygens (including phenoxy) is 2. The van der Waals surface area contributed by atoms with Crippen LogP contribution in [-0.2, 0) is 22.7 Å². The molecule has 0 aliphatic heterocycles. The standard InChI is InChI=1S/C14H14ClIN2O2/c1-19-7-9-4-3-5-10(6-9)14-17-11(8-20-2)12(16)13(15)18-14/h3-6H,7-8H2,1-2H3. The summed E-state index contributed by atoms with van der Waals surface area (Å²) in [6.45, 7) is 0.960. The van der Waals surface area contributed by atoms with E-state index in [2.05, 4.69) is 32.6 Å². The molecule has 0 aliphatic rings. The number of rotatable bonds is 5. The molecule has 2 rings (SSSR count). The quantitative estimate of drug-likeness (QED) is 0.563. The van der Waals surface area contributed by atoms with Crippen LogP contribution >= 0.6 is 34.2 Å². The van der Waals surface area contributed by atoms with Crippen molar-refractivity contribution in [3.05, 3.63) is 44.2 Å². The Labute approximate surface area is 136 Å². The summed E-state index contributed by atoms with van der Waals surface area (Å²) in [5.41, 5.74) is 2.77. The summed E-state index contributed by atoms with van der Waals surface area (Å²) in [5, 5.41) is 0.444. The van der Waals surface area contributed by atoms with Crippen LogP contribution < -0.4 is 0 Å². The molecule has 1 heterocycles. The van der Waals surface area contributed by atoms with Gasteiger partial charge >= 0.3 is 0 Å². The third-order valence-electron chi connectivity index (χ3n) is 2.66. The van der Waals surface area contributed by atoms with E-state index in [-0.39, 0.29) is 0 Å². The van der Waals surface area contributed by atoms with Gasteiger partial charge in [0.1, 0.15) is 5.15 Å². The Morgan fingerprint density at radius 2 is 1.90 bits per heavy atom. The Balaban J connectivity index is 2.44. The number of aromatic nitrogens is 2. The Kier molecular flexibility index (Phi) is 5.71. The second-order valence-corrected chi connectivity index (χ2v) is 5.60. The lowest BCUT2D eigenvalue weighted by Crippen LogP contribution is -2.02. The molecule has 0 radical (unpaired) electrons. The van der Waals surface area contributed by atoms with Crippen LogP contribution in [0.25, 0.3) is 11.4 Å². The van der Waals surface area contributed by atoms with Crippen LogP contribution in [0.15, 0.2) is 24.3 Å². The van der Waals surface area contributed by atoms with Crippen LogP contribution in [-0.4, -0.2) is 24.2 Å². The van der Waals surface area contributed by atoms with Crippen molar-refractivity contribution in [2.45, 2.75) is 13.2 Å². The Bertz CT molecular complexity index is 608. The number of nitrogens with zero attached hydrogens (tertiary/aromatic N) is 2. The number of hydrogen-bond acceptors (Lipinski definition) is 4. The fraction of sp³-hybridized carbons (Fsp3) is 0.286. The molecule has 4 nitrogen and oxygen atoms in total. The Morgan fingerprint density at radius 1 is 1.15 bits per heavy atom. The molecule has 0 spiro atoms. The van der Waals surface area contributed by atoms with Crippen LogP contribution in [0.3, 0.4) is 0 Å². The molecule has 6 heteroatoms. The molecule has 1 aromatic heterocycles. The lowest BCUT2D eigenvalue weighted by Gasteiger charge is -2.08. The van der Waals surface area contributed by atoms with Gasteiger partial charge in [-0.3, -0.25) is 0 Å². The van der Waals surface area contributed by atoms with E-state index < -0.39 is 0 Å². The van der Waals surface area contributed by atoms with E-state index in [9.17, 15) is 0 Å². The molecular formula is C14H14ClIN2O2. The summed E-state index contributed by atoms with van der Waals surface area (Å²) >= 11 is 8.29. The minimum absolute atomic E-state index is 0.408. The van der Waals surface area contributed by atoms with Crippen LogP contribution in [0.1, 0.15) is 11.3 Å². The van der Waals surface area contributed by atoms with Crippen molar-refractivity contribution < 1.29 is 9.47 Å². The summed E-state index contributed by atoms with van der Waals surface area (Å²) < 4.78 is 11.1. The molecule has 0 saturated heterocycles. The Morgan fingerprint density at radius 3 is 2.60 bits per heavy atom. The van der Waals surface area contributed by atoms with Gasteiger partial charge in [0.25, 0.3) is 0 Å². The molecule has 0 N–H and O–H groups in total. The first kappa shape index (κ1) is 15.6. The van der Waals surface area contributed by atoms with Crippen molar-refractivity contribution in [2.75, 3.05) is 14.2 Å². The minimum atomic E-state index is 0.408. The van der Waals surface area contributed by atoms with Gasteiger partial charge in [-0.25, -0.2) is 9.97 Å². The molecule has 0 saturated carbocycles. The molecular weight excluding hydrogens is 391 g/mol. The molecule has 1 aromatic carbocycles. The predicted molar refractivity (Wildman–Crippen MR) is 86.6 cm³/mol. The summed E-state index contributed by atoms with van der Waals surface area (Å²) in [4.78, 5) is 8.86. The van der Waals surface area contributed by atoms with Crippen LogP contribution in [0.5, 0.6) is 0 Å². The third kappa shape index (κ3) is 3.66. The third-order valence-corrected chi connectivity index (χ3v) is 4.38. The highest BCUT2D eigenvalue weighted by atomic mass is 127. The number of halogens is 2. The van der Waals surface area contributed by atoms with Gasteiger partial charge in [-0.1, -0.05) is 29.8 Å². The second kappa shape index (κ2) is 7.31. The van der Waals surface area contributed by atoms with Crippen molar-refractivity contribution in [1.29, 1.82) is 0 Å². The van der Waals surface area contributed by atoms with Gasteiger partial charge in [-0.15, -0.1) is 0 Å². The first-order valence-electron chi connectivity index (χ1n) is 5.94. The highest BCUT2D eigenvalue weighted by Crippen LogP contribution is 2.25. The van der Waals surface area contributed by atoms with Crippen molar-refractivity contribution in [3.8, 4) is 11.4 Å². The zero-order valence-corrected chi connectivity index (χ0v) is 14.1. The largest absolute Gasteiger partial charge is 0.380 e. The maximum Gasteiger partial charge on any atom is 0.161 e. The number of benzene rings is 1. The molecule has 0 fully saturated rings. The van der Waals surface area contributed by atoms with Gasteiger partial charge in [0.15, 0.2) is 5.82 Å². The van der Waals surface area contributed by atoms with Gasteiger partial charge in [0.05, 0.1) is 22.5 Å². The van der Waals surface area contributed by atoms with Crippen molar-refractivity contribution >= 4 is 34.2 Å². The van der Waals surface area contributed by atoms with E-state index in [0.717, 1.165) is 20.4 Å². The van der Waals surface area contributed by atoms with Gasteiger partial charge in [-0.05, 0) is 34.2 Å². The second-order valence-electron chi connectivity index (χ2n) is 4.17. The summed E-state index contributed by atoms with van der Waals surface area (Å²) in [5.74, 6) is 0.598. The summed E-state index contributed by atoms with van der Waals surface area (Å²) in [6.07, 6.45) is 0. The highest BCUT2D eigenvalue weighted by molar-refractivity contribution is 14.1. The normalized spacial score (nSPS) is 10.8. The molecule has 0 bridgehead atoms. The first-order valence-corrected chi connectivity index (χ1v) is 7.40. The molecule has 2 aromatic rings. The topological polar surface area (TPSA) is 44.2 Å². The molecule has 106 valence electrons. The first-order chi connectivity index (χ1) is 9.65. The zero-order chi connectivity index (χ0) is 14.5. The van der Waals surface area contributed by atoms with Gasteiger partial charge in [-0.2, -0.15) is 0 Å².